The van der Waals surface area contributed by atoms with Crippen molar-refractivity contribution in [3.63, 3.8) is 0 Å². The van der Waals surface area contributed by atoms with Crippen molar-refractivity contribution < 1.29 is 5.11 Å². The number of likely N-dealkylation sites (N-methyl/N-ethyl adjacent to an activating group) is 1. The van der Waals surface area contributed by atoms with Gasteiger partial charge in [-0.05, 0) is 57.9 Å². The van der Waals surface area contributed by atoms with Crippen molar-refractivity contribution in [1.29, 1.82) is 0 Å². The number of nitrogens with zero attached hydrogens (tertiary/aromatic N) is 1. The Balaban J connectivity index is 2.79. The predicted molar refractivity (Wildman–Crippen MR) is 92.0 cm³/mol. The zero-order chi connectivity index (χ0) is 15.9. The first-order valence-electron chi connectivity index (χ1n) is 8.22. The highest BCUT2D eigenvalue weighted by atomic mass is 16.3. The molecule has 0 aliphatic carbocycles. The van der Waals surface area contributed by atoms with Gasteiger partial charge in [0.25, 0.3) is 0 Å². The second-order valence-electron chi connectivity index (χ2n) is 6.33. The van der Waals surface area contributed by atoms with Gasteiger partial charge in [-0.1, -0.05) is 26.0 Å². The first kappa shape index (κ1) is 18.0. The Labute approximate surface area is 130 Å². The van der Waals surface area contributed by atoms with Gasteiger partial charge in [-0.25, -0.2) is 0 Å². The Bertz CT molecular complexity index is 395. The van der Waals surface area contributed by atoms with E-state index in [1.807, 2.05) is 13.8 Å². The van der Waals surface area contributed by atoms with Crippen LogP contribution in [0.5, 0.6) is 0 Å². The van der Waals surface area contributed by atoms with E-state index in [1.165, 1.54) is 11.3 Å². The fraction of sp³-hybridized carbons (Fsp3) is 0.667. The van der Waals surface area contributed by atoms with E-state index in [0.29, 0.717) is 12.6 Å². The number of nitrogens with one attached hydrogen (secondary N) is 1. The van der Waals surface area contributed by atoms with E-state index in [0.717, 1.165) is 25.9 Å². The summed E-state index contributed by atoms with van der Waals surface area (Å²) >= 11 is 0. The molecule has 120 valence electrons. The van der Waals surface area contributed by atoms with Crippen molar-refractivity contribution in [1.82, 2.24) is 5.32 Å². The van der Waals surface area contributed by atoms with Gasteiger partial charge in [0.15, 0.2) is 0 Å². The molecule has 1 atom stereocenters. The lowest BCUT2D eigenvalue weighted by Gasteiger charge is -2.30. The summed E-state index contributed by atoms with van der Waals surface area (Å²) in [6.07, 6.45) is 2.25. The molecule has 0 aliphatic heterocycles. The molecule has 1 unspecified atom stereocenters. The largest absolute Gasteiger partial charge is 0.389 e. The Morgan fingerprint density at radius 3 is 2.19 bits per heavy atom. The van der Waals surface area contributed by atoms with Gasteiger partial charge in [0.05, 0.1) is 5.60 Å². The third-order valence-electron chi connectivity index (χ3n) is 3.67. The van der Waals surface area contributed by atoms with Crippen molar-refractivity contribution in [3.05, 3.63) is 29.8 Å². The fourth-order valence-electron chi connectivity index (χ4n) is 2.59. The van der Waals surface area contributed by atoms with Crippen LogP contribution in [-0.2, 0) is 0 Å². The van der Waals surface area contributed by atoms with Gasteiger partial charge in [0.1, 0.15) is 0 Å². The number of hydrogen-bond donors (Lipinski definition) is 2. The number of aliphatic hydroxyl groups is 1. The maximum atomic E-state index is 10.0. The van der Waals surface area contributed by atoms with Crippen LogP contribution < -0.4 is 10.2 Å². The second-order valence-corrected chi connectivity index (χ2v) is 6.33. The minimum Gasteiger partial charge on any atom is -0.389 e. The van der Waals surface area contributed by atoms with E-state index in [-0.39, 0.29) is 0 Å². The van der Waals surface area contributed by atoms with Gasteiger partial charge < -0.3 is 15.3 Å². The third kappa shape index (κ3) is 6.06. The van der Waals surface area contributed by atoms with Crippen molar-refractivity contribution in [2.24, 2.45) is 0 Å². The molecule has 1 aromatic rings. The minimum absolute atomic E-state index is 0.434. The van der Waals surface area contributed by atoms with E-state index >= 15 is 0 Å². The summed E-state index contributed by atoms with van der Waals surface area (Å²) < 4.78 is 0. The summed E-state index contributed by atoms with van der Waals surface area (Å²) in [6, 6.07) is 9.18. The summed E-state index contributed by atoms with van der Waals surface area (Å²) in [6.45, 7) is 12.8. The van der Waals surface area contributed by atoms with Crippen LogP contribution in [0.3, 0.4) is 0 Å². The van der Waals surface area contributed by atoms with Crippen LogP contribution in [0.4, 0.5) is 5.69 Å². The van der Waals surface area contributed by atoms with Crippen LogP contribution in [-0.4, -0.2) is 30.3 Å². The molecule has 0 spiro atoms. The highest BCUT2D eigenvalue weighted by Gasteiger charge is 2.18. The minimum atomic E-state index is -0.677. The summed E-state index contributed by atoms with van der Waals surface area (Å²) in [5.74, 6) is 0. The Morgan fingerprint density at radius 1 is 1.14 bits per heavy atom. The van der Waals surface area contributed by atoms with Gasteiger partial charge >= 0.3 is 0 Å². The first-order chi connectivity index (χ1) is 9.91. The van der Waals surface area contributed by atoms with Crippen molar-refractivity contribution >= 4 is 5.69 Å². The van der Waals surface area contributed by atoms with Crippen molar-refractivity contribution in [2.75, 3.05) is 24.5 Å². The number of benzene rings is 1. The van der Waals surface area contributed by atoms with E-state index in [1.54, 1.807) is 0 Å². The summed E-state index contributed by atoms with van der Waals surface area (Å²) in [5, 5.41) is 13.6. The molecule has 0 amide bonds. The van der Waals surface area contributed by atoms with Crippen LogP contribution in [0.25, 0.3) is 0 Å². The van der Waals surface area contributed by atoms with E-state index in [4.69, 9.17) is 0 Å². The summed E-state index contributed by atoms with van der Waals surface area (Å²) in [7, 11) is 0. The predicted octanol–water partition coefficient (Wildman–Crippen LogP) is 3.73. The van der Waals surface area contributed by atoms with E-state index < -0.39 is 5.60 Å². The number of anilines is 1. The molecular formula is C18H32N2O. The van der Waals surface area contributed by atoms with Gasteiger partial charge in [0, 0.05) is 24.8 Å². The highest BCUT2D eigenvalue weighted by molar-refractivity contribution is 5.48. The lowest BCUT2D eigenvalue weighted by molar-refractivity contribution is 0.0876. The van der Waals surface area contributed by atoms with Gasteiger partial charge in [-0.15, -0.1) is 0 Å². The normalized spacial score (nSPS) is 13.2. The molecule has 0 saturated carbocycles. The molecule has 3 heteroatoms. The topological polar surface area (TPSA) is 35.5 Å². The standard InChI is InChI=1S/C18H32N2O/c1-6-13-19-17(7-2)15-9-11-16(12-10-15)20(8-3)14-18(4,5)21/h9-12,17,19,21H,6-8,13-14H2,1-5H3. The maximum Gasteiger partial charge on any atom is 0.0765 e. The molecule has 0 bridgehead atoms. The Kier molecular flexibility index (Phi) is 7.20. The molecule has 3 nitrogen and oxygen atoms in total. The fourth-order valence-corrected chi connectivity index (χ4v) is 2.59. The van der Waals surface area contributed by atoms with Crippen molar-refractivity contribution in [2.45, 2.75) is 59.1 Å². The molecule has 1 rings (SSSR count). The molecule has 0 saturated heterocycles. The van der Waals surface area contributed by atoms with Gasteiger partial charge in [-0.2, -0.15) is 0 Å². The lowest BCUT2D eigenvalue weighted by atomic mass is 10.0. The Hall–Kier alpha value is -1.06. The van der Waals surface area contributed by atoms with Crippen LogP contribution in [0, 0.1) is 0 Å². The van der Waals surface area contributed by atoms with Crippen LogP contribution in [0.15, 0.2) is 24.3 Å². The summed E-state index contributed by atoms with van der Waals surface area (Å²) in [4.78, 5) is 2.21. The van der Waals surface area contributed by atoms with E-state index in [2.05, 4.69) is 55.3 Å². The van der Waals surface area contributed by atoms with Crippen LogP contribution >= 0.6 is 0 Å². The molecule has 2 N–H and O–H groups in total. The van der Waals surface area contributed by atoms with E-state index in [9.17, 15) is 5.11 Å². The lowest BCUT2D eigenvalue weighted by Crippen LogP contribution is -2.38. The number of hydrogen-bond acceptors (Lipinski definition) is 3. The smallest absolute Gasteiger partial charge is 0.0765 e. The SMILES string of the molecule is CCCNC(CC)c1ccc(N(CC)CC(C)(C)O)cc1. The molecule has 0 aliphatic rings. The number of rotatable bonds is 9. The summed E-state index contributed by atoms with van der Waals surface area (Å²) in [5.41, 5.74) is 1.84. The first-order valence-corrected chi connectivity index (χ1v) is 8.22. The van der Waals surface area contributed by atoms with Crippen LogP contribution in [0.2, 0.25) is 0 Å². The molecule has 0 fully saturated rings. The second kappa shape index (κ2) is 8.40. The van der Waals surface area contributed by atoms with Crippen molar-refractivity contribution in [3.8, 4) is 0 Å². The Morgan fingerprint density at radius 2 is 1.76 bits per heavy atom. The molecular weight excluding hydrogens is 260 g/mol. The van der Waals surface area contributed by atoms with Crippen LogP contribution in [0.1, 0.15) is 59.1 Å². The quantitative estimate of drug-likeness (QED) is 0.728. The average Bonchev–Trinajstić information content (AvgIpc) is 2.45. The van der Waals surface area contributed by atoms with Gasteiger partial charge in [-0.3, -0.25) is 0 Å². The molecule has 21 heavy (non-hydrogen) atoms. The van der Waals surface area contributed by atoms with Gasteiger partial charge in [0.2, 0.25) is 0 Å². The zero-order valence-corrected chi connectivity index (χ0v) is 14.3. The molecule has 0 aromatic heterocycles. The average molecular weight is 292 g/mol. The maximum absolute atomic E-state index is 10.0. The monoisotopic (exact) mass is 292 g/mol. The highest BCUT2D eigenvalue weighted by Crippen LogP contribution is 2.22. The zero-order valence-electron chi connectivity index (χ0n) is 14.3. The molecule has 1 aromatic carbocycles. The molecule has 0 heterocycles. The molecule has 0 radical (unpaired) electrons. The third-order valence-corrected chi connectivity index (χ3v) is 3.67.